The normalized spacial score (nSPS) is 27.7. The number of phenolic OH excluding ortho intramolecular Hbond substituents is 1. The number of fused-ring (bicyclic) bond motifs is 5. The summed E-state index contributed by atoms with van der Waals surface area (Å²) in [5.41, 5.74) is 0.688. The molecule has 10 heteroatoms. The van der Waals surface area contributed by atoms with E-state index in [1.165, 1.54) is 24.0 Å². The van der Waals surface area contributed by atoms with Crippen molar-refractivity contribution >= 4 is 63.2 Å². The Morgan fingerprint density at radius 2 is 1.59 bits per heavy atom. The van der Waals surface area contributed by atoms with Gasteiger partial charge in [-0.25, -0.2) is 9.29 Å². The van der Waals surface area contributed by atoms with E-state index in [4.69, 9.17) is 11.6 Å². The molecular weight excluding hydrogens is 647 g/mol. The molecule has 4 aliphatic rings. The maximum absolute atomic E-state index is 14.7. The van der Waals surface area contributed by atoms with E-state index in [2.05, 4.69) is 0 Å². The van der Waals surface area contributed by atoms with Gasteiger partial charge in [0.15, 0.2) is 5.78 Å². The van der Waals surface area contributed by atoms with Gasteiger partial charge in [0.1, 0.15) is 11.6 Å². The minimum atomic E-state index is -1.40. The average Bonchev–Trinajstić information content (AvgIpc) is 3.46. The number of amides is 4. The molecule has 0 aromatic heterocycles. The van der Waals surface area contributed by atoms with Crippen molar-refractivity contribution in [2.45, 2.75) is 32.6 Å². The monoisotopic (exact) mass is 676 g/mol. The molecule has 8 rings (SSSR count). The van der Waals surface area contributed by atoms with Gasteiger partial charge in [-0.15, -0.1) is 0 Å². The Balaban J connectivity index is 1.28. The summed E-state index contributed by atoms with van der Waals surface area (Å²) in [5.74, 6) is -6.56. The van der Waals surface area contributed by atoms with Gasteiger partial charge in [-0.05, 0) is 80.5 Å². The van der Waals surface area contributed by atoms with Gasteiger partial charge >= 0.3 is 0 Å². The van der Waals surface area contributed by atoms with Crippen LogP contribution in [0.5, 0.6) is 5.75 Å². The van der Waals surface area contributed by atoms with Crippen molar-refractivity contribution in [1.82, 2.24) is 0 Å². The number of nitrogens with zero attached hydrogens (tertiary/aromatic N) is 2. The van der Waals surface area contributed by atoms with Crippen LogP contribution in [0.25, 0.3) is 10.8 Å². The summed E-state index contributed by atoms with van der Waals surface area (Å²) >= 11 is 6.10. The molecule has 3 fully saturated rings. The van der Waals surface area contributed by atoms with Crippen molar-refractivity contribution in [3.63, 3.8) is 0 Å². The largest absolute Gasteiger partial charge is 0.507 e. The molecule has 0 unspecified atom stereocenters. The van der Waals surface area contributed by atoms with Crippen LogP contribution in [0.2, 0.25) is 5.02 Å². The van der Waals surface area contributed by atoms with Crippen LogP contribution < -0.4 is 9.80 Å². The van der Waals surface area contributed by atoms with Gasteiger partial charge in [-0.3, -0.25) is 28.9 Å². The summed E-state index contributed by atoms with van der Waals surface area (Å²) in [6.45, 7) is 3.15. The van der Waals surface area contributed by atoms with Crippen LogP contribution in [0.4, 0.5) is 15.8 Å². The number of ketones is 1. The third-order valence-electron chi connectivity index (χ3n) is 11.2. The van der Waals surface area contributed by atoms with Crippen LogP contribution in [0, 0.1) is 34.9 Å². The first kappa shape index (κ1) is 31.1. The maximum Gasteiger partial charge on any atom is 0.241 e. The number of hydrogen-bond acceptors (Lipinski definition) is 6. The molecule has 2 heterocycles. The van der Waals surface area contributed by atoms with Gasteiger partial charge in [-0.1, -0.05) is 59.6 Å². The van der Waals surface area contributed by atoms with E-state index in [0.717, 1.165) is 21.9 Å². The van der Waals surface area contributed by atoms with Crippen LogP contribution in [-0.4, -0.2) is 34.5 Å². The molecule has 1 N–H and O–H groups in total. The average molecular weight is 677 g/mol. The summed E-state index contributed by atoms with van der Waals surface area (Å²) in [4.78, 5) is 71.4. The van der Waals surface area contributed by atoms with E-state index in [1.807, 2.05) is 24.3 Å². The Morgan fingerprint density at radius 1 is 0.878 bits per heavy atom. The van der Waals surface area contributed by atoms with Crippen LogP contribution in [0.15, 0.2) is 90.5 Å². The molecule has 0 spiro atoms. The SMILES string of the molecule is CC(=O)c1ccc(N2C(=O)[C@H]3[C@H](CC=C4[C@H]3C[C@H]3C(=O)N(c5ccc(F)c(Cl)c5)C(=O)[C@@]3(C)[C@H]4c3ccc4ccccc4c3O)C2=O)cc1. The number of imide groups is 2. The third-order valence-corrected chi connectivity index (χ3v) is 11.5. The summed E-state index contributed by atoms with van der Waals surface area (Å²) in [6, 6.07) is 20.9. The van der Waals surface area contributed by atoms with Crippen LogP contribution >= 0.6 is 11.6 Å². The quantitative estimate of drug-likeness (QED) is 0.142. The zero-order valence-electron chi connectivity index (χ0n) is 26.5. The molecule has 4 amide bonds. The number of hydrogen-bond donors (Lipinski definition) is 1. The van der Waals surface area contributed by atoms with Crippen molar-refractivity contribution < 1.29 is 33.5 Å². The van der Waals surface area contributed by atoms with E-state index in [1.54, 1.807) is 49.4 Å². The van der Waals surface area contributed by atoms with Gasteiger partial charge in [-0.2, -0.15) is 0 Å². The van der Waals surface area contributed by atoms with Crippen LogP contribution in [0.1, 0.15) is 48.5 Å². The van der Waals surface area contributed by atoms with Gasteiger partial charge in [0.05, 0.1) is 39.6 Å². The lowest BCUT2D eigenvalue weighted by Crippen LogP contribution is -2.48. The van der Waals surface area contributed by atoms with Gasteiger partial charge in [0.25, 0.3) is 0 Å². The fraction of sp³-hybridized carbons (Fsp3) is 0.256. The number of rotatable bonds is 4. The first-order valence-corrected chi connectivity index (χ1v) is 16.5. The molecular formula is C39H30ClFN2O6. The summed E-state index contributed by atoms with van der Waals surface area (Å²) in [6.07, 6.45) is 2.25. The number of anilines is 2. The molecule has 1 saturated carbocycles. The Morgan fingerprint density at radius 3 is 2.31 bits per heavy atom. The summed E-state index contributed by atoms with van der Waals surface area (Å²) in [7, 11) is 0. The van der Waals surface area contributed by atoms with Crippen molar-refractivity contribution in [1.29, 1.82) is 0 Å². The van der Waals surface area contributed by atoms with E-state index < -0.39 is 58.5 Å². The topological polar surface area (TPSA) is 112 Å². The lowest BCUT2D eigenvalue weighted by atomic mass is 9.51. The van der Waals surface area contributed by atoms with Gasteiger partial charge in [0, 0.05) is 22.4 Å². The second-order valence-electron chi connectivity index (χ2n) is 13.6. The van der Waals surface area contributed by atoms with Crippen LogP contribution in [-0.2, 0) is 19.2 Å². The zero-order valence-corrected chi connectivity index (χ0v) is 27.3. The highest BCUT2D eigenvalue weighted by Crippen LogP contribution is 2.64. The molecule has 4 aromatic carbocycles. The minimum Gasteiger partial charge on any atom is -0.507 e. The van der Waals surface area contributed by atoms with Gasteiger partial charge in [0.2, 0.25) is 23.6 Å². The zero-order chi connectivity index (χ0) is 34.5. The predicted octanol–water partition coefficient (Wildman–Crippen LogP) is 6.98. The number of aromatic hydroxyl groups is 1. The highest BCUT2D eigenvalue weighted by atomic mass is 35.5. The van der Waals surface area contributed by atoms with Gasteiger partial charge < -0.3 is 5.11 Å². The number of phenols is 1. The highest BCUT2D eigenvalue weighted by Gasteiger charge is 2.68. The first-order valence-electron chi connectivity index (χ1n) is 16.2. The number of carbonyl (C=O) groups excluding carboxylic acids is 5. The molecule has 246 valence electrons. The third kappa shape index (κ3) is 4.31. The number of allylic oxidation sites excluding steroid dienone is 2. The van der Waals surface area contributed by atoms with E-state index in [0.29, 0.717) is 22.2 Å². The molecule has 4 aromatic rings. The second-order valence-corrected chi connectivity index (χ2v) is 14.0. The molecule has 2 saturated heterocycles. The number of halogens is 2. The highest BCUT2D eigenvalue weighted by molar-refractivity contribution is 6.32. The van der Waals surface area contributed by atoms with Crippen molar-refractivity contribution in [2.75, 3.05) is 9.80 Å². The molecule has 49 heavy (non-hydrogen) atoms. The number of carbonyl (C=O) groups is 5. The Bertz CT molecular complexity index is 2200. The Hall–Kier alpha value is -5.15. The van der Waals surface area contributed by atoms with E-state index in [-0.39, 0.29) is 41.0 Å². The molecule has 6 atom stereocenters. The first-order chi connectivity index (χ1) is 23.4. The minimum absolute atomic E-state index is 0.0312. The van der Waals surface area contributed by atoms with E-state index in [9.17, 15) is 33.5 Å². The van der Waals surface area contributed by atoms with Crippen LogP contribution in [0.3, 0.4) is 0 Å². The number of Topliss-reactive ketones (excluding diaryl/α,β-unsaturated/α-hetero) is 1. The smallest absolute Gasteiger partial charge is 0.241 e. The summed E-state index contributed by atoms with van der Waals surface area (Å²) in [5, 5.41) is 12.9. The maximum atomic E-state index is 14.7. The van der Waals surface area contributed by atoms with E-state index >= 15 is 0 Å². The predicted molar refractivity (Wildman–Crippen MR) is 181 cm³/mol. The summed E-state index contributed by atoms with van der Waals surface area (Å²) < 4.78 is 14.2. The van der Waals surface area contributed by atoms with Crippen molar-refractivity contribution in [3.05, 3.63) is 112 Å². The Kier molecular flexibility index (Phi) is 6.95. The molecule has 0 radical (unpaired) electrons. The number of benzene rings is 4. The standard InChI is InChI=1S/C39H30ClFN2O6/c1-19(44)20-7-10-22(11-8-20)42-35(46)26-15-14-25-28(32(26)37(42)48)18-29-36(47)43(23-12-16-31(41)30(40)17-23)38(49)39(29,2)33(25)27-13-9-21-5-3-4-6-24(21)34(27)45/h3-14,16-17,26,28-29,32-33,45H,15,18H2,1-2H3/t26-,28+,29-,32-,33+,39+/m0/s1. The lowest BCUT2D eigenvalue weighted by Gasteiger charge is -2.49. The van der Waals surface area contributed by atoms with Crippen molar-refractivity contribution in [2.24, 2.45) is 29.1 Å². The lowest BCUT2D eigenvalue weighted by molar-refractivity contribution is -0.131. The Labute approximate surface area is 285 Å². The molecule has 8 nitrogen and oxygen atoms in total. The molecule has 0 bridgehead atoms. The fourth-order valence-electron chi connectivity index (χ4n) is 8.83. The molecule has 2 aliphatic carbocycles. The van der Waals surface area contributed by atoms with Crippen molar-refractivity contribution in [3.8, 4) is 5.75 Å². The second kappa shape index (κ2) is 10.9. The fourth-order valence-corrected chi connectivity index (χ4v) is 9.01. The molecule has 2 aliphatic heterocycles.